The van der Waals surface area contributed by atoms with Crippen LogP contribution >= 0.6 is 0 Å². The fourth-order valence-corrected chi connectivity index (χ4v) is 4.49. The lowest BCUT2D eigenvalue weighted by Crippen LogP contribution is -2.51. The highest BCUT2D eigenvalue weighted by molar-refractivity contribution is 5.95. The van der Waals surface area contributed by atoms with Crippen LogP contribution in [0.5, 0.6) is 5.75 Å². The van der Waals surface area contributed by atoms with Crippen molar-refractivity contribution < 1.29 is 14.3 Å². The molecule has 3 heterocycles. The zero-order chi connectivity index (χ0) is 25.8. The van der Waals surface area contributed by atoms with Gasteiger partial charge in [-0.05, 0) is 48.4 Å². The Bertz CT molecular complexity index is 1480. The molecule has 188 valence electrons. The van der Waals surface area contributed by atoms with E-state index in [0.29, 0.717) is 61.6 Å². The van der Waals surface area contributed by atoms with Gasteiger partial charge in [0.15, 0.2) is 11.3 Å². The van der Waals surface area contributed by atoms with Gasteiger partial charge in [0.25, 0.3) is 17.4 Å². The van der Waals surface area contributed by atoms with E-state index in [1.54, 1.807) is 59.5 Å². The molecule has 1 fully saturated rings. The predicted octanol–water partition coefficient (Wildman–Crippen LogP) is 2.64. The summed E-state index contributed by atoms with van der Waals surface area (Å²) in [5.41, 5.74) is 2.01. The molecule has 4 aromatic rings. The zero-order valence-corrected chi connectivity index (χ0v) is 20.5. The lowest BCUT2D eigenvalue weighted by atomic mass is 10.1. The van der Waals surface area contributed by atoms with Gasteiger partial charge < -0.3 is 14.5 Å². The van der Waals surface area contributed by atoms with Gasteiger partial charge in [0.2, 0.25) is 0 Å². The number of amides is 2. The van der Waals surface area contributed by atoms with E-state index in [4.69, 9.17) is 4.74 Å². The van der Waals surface area contributed by atoms with E-state index in [0.717, 1.165) is 5.56 Å². The molecular weight excluding hydrogens is 470 g/mol. The second-order valence-electron chi connectivity index (χ2n) is 8.81. The first-order valence-corrected chi connectivity index (χ1v) is 12.2. The molecule has 0 N–H and O–H groups in total. The summed E-state index contributed by atoms with van der Waals surface area (Å²) in [4.78, 5) is 51.8. The summed E-state index contributed by atoms with van der Waals surface area (Å²) in [5.74, 6) is 0.146. The van der Waals surface area contributed by atoms with Crippen molar-refractivity contribution >= 4 is 23.0 Å². The summed E-state index contributed by atoms with van der Waals surface area (Å²) in [7, 11) is 1.58. The molecule has 9 heteroatoms. The molecule has 0 atom stereocenters. The van der Waals surface area contributed by atoms with Crippen molar-refractivity contribution in [3.63, 3.8) is 0 Å². The molecule has 2 amide bonds. The van der Waals surface area contributed by atoms with Gasteiger partial charge in [-0.3, -0.25) is 19.0 Å². The number of rotatable bonds is 6. The largest absolute Gasteiger partial charge is 0.497 e. The first-order chi connectivity index (χ1) is 18.0. The fraction of sp³-hybridized carbons (Fsp3) is 0.250. The molecule has 0 aliphatic carbocycles. The summed E-state index contributed by atoms with van der Waals surface area (Å²) in [6.07, 6.45) is 2.24. The predicted molar refractivity (Wildman–Crippen MR) is 139 cm³/mol. The van der Waals surface area contributed by atoms with Gasteiger partial charge in [0.1, 0.15) is 11.3 Å². The lowest BCUT2D eigenvalue weighted by molar-refractivity contribution is 0.0531. The average Bonchev–Trinajstić information content (AvgIpc) is 2.96. The highest BCUT2D eigenvalue weighted by atomic mass is 16.5. The van der Waals surface area contributed by atoms with Gasteiger partial charge in [0.05, 0.1) is 7.11 Å². The van der Waals surface area contributed by atoms with Crippen LogP contribution < -0.4 is 10.3 Å². The van der Waals surface area contributed by atoms with E-state index in [9.17, 15) is 14.4 Å². The Morgan fingerprint density at radius 3 is 2.22 bits per heavy atom. The van der Waals surface area contributed by atoms with E-state index < -0.39 is 11.5 Å². The van der Waals surface area contributed by atoms with Crippen molar-refractivity contribution in [1.29, 1.82) is 0 Å². The molecule has 0 spiro atoms. The van der Waals surface area contributed by atoms with Crippen LogP contribution in [-0.4, -0.2) is 69.4 Å². The minimum Gasteiger partial charge on any atom is -0.497 e. The Morgan fingerprint density at radius 1 is 0.865 bits per heavy atom. The molecule has 0 radical (unpaired) electrons. The van der Waals surface area contributed by atoms with Gasteiger partial charge in [-0.2, -0.15) is 0 Å². The number of pyridine rings is 1. The van der Waals surface area contributed by atoms with Gasteiger partial charge >= 0.3 is 0 Å². The average molecular weight is 498 g/mol. The smallest absolute Gasteiger partial charge is 0.283 e. The van der Waals surface area contributed by atoms with E-state index in [-0.39, 0.29) is 11.6 Å². The maximum Gasteiger partial charge on any atom is 0.283 e. The fourth-order valence-electron chi connectivity index (χ4n) is 4.49. The van der Waals surface area contributed by atoms with E-state index in [1.165, 1.54) is 4.57 Å². The number of piperazine rings is 1. The van der Waals surface area contributed by atoms with Gasteiger partial charge in [-0.1, -0.05) is 30.3 Å². The van der Waals surface area contributed by atoms with Gasteiger partial charge in [0, 0.05) is 44.5 Å². The quantitative estimate of drug-likeness (QED) is 0.406. The van der Waals surface area contributed by atoms with Crippen LogP contribution in [0, 0.1) is 0 Å². The number of fused-ring (bicyclic) bond motifs is 1. The number of benzene rings is 2. The number of carbonyl (C=O) groups excluding carboxylic acids is 2. The number of aromatic nitrogens is 3. The van der Waals surface area contributed by atoms with E-state index in [1.807, 2.05) is 30.3 Å². The SMILES string of the molecule is COc1ccc(C(=O)N2CCN(C(=O)c3nc4cccnc4n(CCc4ccccc4)c3=O)CC2)cc1. The topological polar surface area (TPSA) is 97.6 Å². The van der Waals surface area contributed by atoms with Crippen LogP contribution in [0.2, 0.25) is 0 Å². The maximum absolute atomic E-state index is 13.4. The van der Waals surface area contributed by atoms with Crippen molar-refractivity contribution in [2.45, 2.75) is 13.0 Å². The zero-order valence-electron chi connectivity index (χ0n) is 20.5. The Morgan fingerprint density at radius 2 is 1.54 bits per heavy atom. The van der Waals surface area contributed by atoms with Crippen molar-refractivity contribution in [2.24, 2.45) is 0 Å². The van der Waals surface area contributed by atoms with Crippen molar-refractivity contribution in [2.75, 3.05) is 33.3 Å². The Kier molecular flexibility index (Phi) is 6.93. The van der Waals surface area contributed by atoms with Gasteiger partial charge in [-0.15, -0.1) is 0 Å². The Labute approximate surface area is 213 Å². The van der Waals surface area contributed by atoms with Crippen molar-refractivity contribution in [3.8, 4) is 5.75 Å². The van der Waals surface area contributed by atoms with E-state index >= 15 is 0 Å². The molecule has 2 aromatic heterocycles. The molecule has 0 bridgehead atoms. The normalized spacial score (nSPS) is 13.5. The minimum atomic E-state index is -0.455. The minimum absolute atomic E-state index is 0.104. The molecule has 1 aliphatic heterocycles. The molecule has 9 nitrogen and oxygen atoms in total. The summed E-state index contributed by atoms with van der Waals surface area (Å²) in [6.45, 7) is 1.75. The second kappa shape index (κ2) is 10.6. The number of hydrogen-bond acceptors (Lipinski definition) is 6. The number of methoxy groups -OCH3 is 1. The summed E-state index contributed by atoms with van der Waals surface area (Å²) in [6, 6.07) is 20.3. The van der Waals surface area contributed by atoms with Crippen molar-refractivity contribution in [3.05, 3.63) is 100 Å². The third-order valence-corrected chi connectivity index (χ3v) is 6.56. The molecule has 5 rings (SSSR count). The van der Waals surface area contributed by atoms with E-state index in [2.05, 4.69) is 9.97 Å². The summed E-state index contributed by atoms with van der Waals surface area (Å²) >= 11 is 0. The highest BCUT2D eigenvalue weighted by Gasteiger charge is 2.28. The third-order valence-electron chi connectivity index (χ3n) is 6.56. The lowest BCUT2D eigenvalue weighted by Gasteiger charge is -2.34. The van der Waals surface area contributed by atoms with Crippen LogP contribution in [0.25, 0.3) is 11.2 Å². The second-order valence-corrected chi connectivity index (χ2v) is 8.81. The number of aryl methyl sites for hydroxylation is 2. The number of hydrogen-bond donors (Lipinski definition) is 0. The Hall–Kier alpha value is -4.53. The summed E-state index contributed by atoms with van der Waals surface area (Å²) in [5, 5.41) is 0. The monoisotopic (exact) mass is 497 g/mol. The molecular formula is C28H27N5O4. The first kappa shape index (κ1) is 24.2. The molecule has 2 aromatic carbocycles. The number of carbonyl (C=O) groups is 2. The Balaban J connectivity index is 1.33. The van der Waals surface area contributed by atoms with Crippen LogP contribution in [-0.2, 0) is 13.0 Å². The van der Waals surface area contributed by atoms with Gasteiger partial charge in [-0.25, -0.2) is 9.97 Å². The molecule has 0 unspecified atom stereocenters. The molecule has 37 heavy (non-hydrogen) atoms. The molecule has 1 saturated heterocycles. The summed E-state index contributed by atoms with van der Waals surface area (Å²) < 4.78 is 6.69. The highest BCUT2D eigenvalue weighted by Crippen LogP contribution is 2.16. The van der Waals surface area contributed by atoms with Crippen molar-refractivity contribution in [1.82, 2.24) is 24.3 Å². The van der Waals surface area contributed by atoms with Crippen LogP contribution in [0.4, 0.5) is 0 Å². The van der Waals surface area contributed by atoms with Crippen LogP contribution in [0.3, 0.4) is 0 Å². The van der Waals surface area contributed by atoms with Crippen LogP contribution in [0.1, 0.15) is 26.4 Å². The first-order valence-electron chi connectivity index (χ1n) is 12.2. The molecule has 0 saturated carbocycles. The molecule has 1 aliphatic rings. The number of nitrogens with zero attached hydrogens (tertiary/aromatic N) is 5. The van der Waals surface area contributed by atoms with Crippen LogP contribution in [0.15, 0.2) is 77.7 Å². The standard InChI is InChI=1S/C28H27N5O4/c1-37-22-11-9-21(10-12-22)26(34)31-16-18-32(19-17-31)27(35)24-28(36)33(15-13-20-6-3-2-4-7-20)25-23(30-24)8-5-14-29-25/h2-12,14H,13,15-19H2,1H3. The third kappa shape index (κ3) is 5.06. The maximum atomic E-state index is 13.4. The number of ether oxygens (including phenoxy) is 1.